The van der Waals surface area contributed by atoms with E-state index in [-0.39, 0.29) is 22.5 Å². The van der Waals surface area contributed by atoms with Gasteiger partial charge in [0.15, 0.2) is 0 Å². The van der Waals surface area contributed by atoms with E-state index in [0.29, 0.717) is 4.47 Å². The second kappa shape index (κ2) is 6.19. The molecule has 0 amide bonds. The van der Waals surface area contributed by atoms with Crippen LogP contribution in [0, 0.1) is 15.9 Å². The lowest BCUT2D eigenvalue weighted by Crippen LogP contribution is -2.03. The summed E-state index contributed by atoms with van der Waals surface area (Å²) in [6, 6.07) is 2.27. The first-order valence-electron chi connectivity index (χ1n) is 5.43. The van der Waals surface area contributed by atoms with Crippen molar-refractivity contribution in [1.82, 2.24) is 9.97 Å². The van der Waals surface area contributed by atoms with E-state index in [1.807, 2.05) is 0 Å². The smallest absolute Gasteiger partial charge is 0.373 e. The van der Waals surface area contributed by atoms with Gasteiger partial charge in [0.2, 0.25) is 5.82 Å². The molecule has 1 aromatic heterocycles. The van der Waals surface area contributed by atoms with Gasteiger partial charge in [-0.25, -0.2) is 9.37 Å². The van der Waals surface area contributed by atoms with Crippen LogP contribution >= 0.6 is 27.5 Å². The molecule has 0 radical (unpaired) electrons. The highest BCUT2D eigenvalue weighted by Gasteiger charge is 2.25. The largest absolute Gasteiger partial charge is 0.432 e. The van der Waals surface area contributed by atoms with Crippen molar-refractivity contribution in [3.8, 4) is 11.6 Å². The number of nitrogens with zero attached hydrogens (tertiary/aromatic N) is 3. The average Bonchev–Trinajstić information content (AvgIpc) is 2.44. The lowest BCUT2D eigenvalue weighted by molar-refractivity contribution is -0.385. The summed E-state index contributed by atoms with van der Waals surface area (Å²) in [6.07, 6.45) is 1.09. The molecule has 0 fully saturated rings. The van der Waals surface area contributed by atoms with Gasteiger partial charge in [-0.05, 0) is 22.0 Å². The van der Waals surface area contributed by atoms with Gasteiger partial charge in [-0.1, -0.05) is 11.6 Å². The van der Waals surface area contributed by atoms with Crippen LogP contribution in [0.3, 0.4) is 0 Å². The van der Waals surface area contributed by atoms with Crippen LogP contribution in [-0.4, -0.2) is 21.9 Å². The maximum atomic E-state index is 13.5. The summed E-state index contributed by atoms with van der Waals surface area (Å²) in [4.78, 5) is 17.8. The lowest BCUT2D eigenvalue weighted by atomic mass is 10.3. The van der Waals surface area contributed by atoms with Crippen LogP contribution in [-0.2, 0) is 0 Å². The Morgan fingerprint density at radius 2 is 2.19 bits per heavy atom. The summed E-state index contributed by atoms with van der Waals surface area (Å²) >= 11 is 8.74. The molecule has 0 atom stereocenters. The molecule has 0 saturated heterocycles. The third-order valence-corrected chi connectivity index (χ3v) is 3.30. The van der Waals surface area contributed by atoms with Gasteiger partial charge in [-0.15, -0.1) is 0 Å². The molecule has 10 heteroatoms. The maximum Gasteiger partial charge on any atom is 0.373 e. The maximum absolute atomic E-state index is 13.5. The molecular weight excluding hydrogens is 371 g/mol. The first-order valence-corrected chi connectivity index (χ1v) is 6.60. The zero-order valence-electron chi connectivity index (χ0n) is 10.4. The zero-order valence-corrected chi connectivity index (χ0v) is 12.8. The Bertz CT molecular complexity index is 716. The van der Waals surface area contributed by atoms with Crippen molar-refractivity contribution < 1.29 is 14.1 Å². The van der Waals surface area contributed by atoms with Gasteiger partial charge in [0.05, 0.1) is 14.4 Å². The van der Waals surface area contributed by atoms with E-state index in [0.717, 1.165) is 12.4 Å². The highest BCUT2D eigenvalue weighted by molar-refractivity contribution is 9.10. The van der Waals surface area contributed by atoms with Gasteiger partial charge >= 0.3 is 11.6 Å². The minimum atomic E-state index is -0.722. The fraction of sp³-hybridized carbons (Fsp3) is 0.0909. The van der Waals surface area contributed by atoms with Gasteiger partial charge in [0.25, 0.3) is 0 Å². The highest BCUT2D eigenvalue weighted by Crippen LogP contribution is 2.38. The van der Waals surface area contributed by atoms with E-state index in [1.54, 1.807) is 0 Å². The number of hydrogen-bond donors (Lipinski definition) is 1. The third-order valence-electron chi connectivity index (χ3n) is 2.39. The molecule has 0 aliphatic heterocycles. The molecule has 1 N–H and O–H groups in total. The van der Waals surface area contributed by atoms with Gasteiger partial charge < -0.3 is 10.1 Å². The van der Waals surface area contributed by atoms with E-state index in [1.165, 1.54) is 13.1 Å². The van der Waals surface area contributed by atoms with E-state index >= 15 is 0 Å². The summed E-state index contributed by atoms with van der Waals surface area (Å²) in [7, 11) is 1.47. The fourth-order valence-corrected chi connectivity index (χ4v) is 2.19. The molecule has 0 unspecified atom stereocenters. The van der Waals surface area contributed by atoms with Gasteiger partial charge in [-0.3, -0.25) is 10.1 Å². The van der Waals surface area contributed by atoms with Crippen molar-refractivity contribution in [1.29, 1.82) is 0 Å². The zero-order chi connectivity index (χ0) is 15.6. The summed E-state index contributed by atoms with van der Waals surface area (Å²) in [5.74, 6) is -1.06. The number of ether oxygens (including phenoxy) is 1. The molecule has 7 nitrogen and oxygen atoms in total. The second-order valence-corrected chi connectivity index (χ2v) is 4.94. The molecule has 110 valence electrons. The van der Waals surface area contributed by atoms with Crippen molar-refractivity contribution in [3.63, 3.8) is 0 Å². The number of halogens is 3. The Morgan fingerprint density at radius 1 is 1.48 bits per heavy atom. The molecule has 0 saturated carbocycles. The Labute approximate surface area is 131 Å². The standard InChI is InChI=1S/C11H7BrClFN4O3/c1-15-10-9(18(19)20)11(17-4-16-10)21-8-3-7(14)6(13)2-5(8)12/h2-4H,1H3,(H,15,16,17). The molecule has 1 heterocycles. The minimum absolute atomic E-state index is 0.000697. The number of anilines is 1. The summed E-state index contributed by atoms with van der Waals surface area (Å²) < 4.78 is 19.1. The normalized spacial score (nSPS) is 10.3. The van der Waals surface area contributed by atoms with Crippen molar-refractivity contribution >= 4 is 39.0 Å². The number of nitro groups is 1. The number of nitrogens with one attached hydrogen (secondary N) is 1. The van der Waals surface area contributed by atoms with Gasteiger partial charge in [0.1, 0.15) is 17.9 Å². The highest BCUT2D eigenvalue weighted by atomic mass is 79.9. The Balaban J connectivity index is 2.49. The lowest BCUT2D eigenvalue weighted by Gasteiger charge is -2.09. The van der Waals surface area contributed by atoms with Crippen LogP contribution in [0.5, 0.6) is 11.6 Å². The molecule has 0 aliphatic carbocycles. The van der Waals surface area contributed by atoms with Crippen molar-refractivity contribution in [2.45, 2.75) is 0 Å². The molecule has 1 aromatic carbocycles. The summed E-state index contributed by atoms with van der Waals surface area (Å²) in [5, 5.41) is 13.5. The first-order chi connectivity index (χ1) is 9.93. The van der Waals surface area contributed by atoms with Crippen molar-refractivity contribution in [2.24, 2.45) is 0 Å². The van der Waals surface area contributed by atoms with Crippen LogP contribution in [0.2, 0.25) is 5.02 Å². The molecule has 21 heavy (non-hydrogen) atoms. The number of hydrogen-bond acceptors (Lipinski definition) is 6. The van der Waals surface area contributed by atoms with E-state index in [9.17, 15) is 14.5 Å². The van der Waals surface area contributed by atoms with Crippen LogP contribution in [0.1, 0.15) is 0 Å². The third kappa shape index (κ3) is 3.19. The Kier molecular flexibility index (Phi) is 4.53. The average molecular weight is 378 g/mol. The number of aromatic nitrogens is 2. The molecule has 2 aromatic rings. The molecule has 0 bridgehead atoms. The first kappa shape index (κ1) is 15.4. The fourth-order valence-electron chi connectivity index (χ4n) is 1.47. The molecule has 0 aliphatic rings. The molecular formula is C11H7BrClFN4O3. The Morgan fingerprint density at radius 3 is 2.81 bits per heavy atom. The van der Waals surface area contributed by atoms with Crippen LogP contribution in [0.25, 0.3) is 0 Å². The van der Waals surface area contributed by atoms with Crippen LogP contribution < -0.4 is 10.1 Å². The topological polar surface area (TPSA) is 90.2 Å². The predicted octanol–water partition coefficient (Wildman–Crippen LogP) is 3.77. The number of benzene rings is 1. The monoisotopic (exact) mass is 376 g/mol. The SMILES string of the molecule is CNc1ncnc(Oc2cc(F)c(Cl)cc2Br)c1[N+](=O)[O-]. The van der Waals surface area contributed by atoms with Gasteiger partial charge in [0, 0.05) is 13.1 Å². The Hall–Kier alpha value is -2.00. The van der Waals surface area contributed by atoms with Crippen molar-refractivity contribution in [2.75, 3.05) is 12.4 Å². The van der Waals surface area contributed by atoms with Crippen molar-refractivity contribution in [3.05, 3.63) is 43.9 Å². The quantitative estimate of drug-likeness (QED) is 0.495. The number of rotatable bonds is 4. The van der Waals surface area contributed by atoms with Crippen LogP contribution in [0.15, 0.2) is 22.9 Å². The van der Waals surface area contributed by atoms with Crippen LogP contribution in [0.4, 0.5) is 15.9 Å². The minimum Gasteiger partial charge on any atom is -0.432 e. The van der Waals surface area contributed by atoms with Gasteiger partial charge in [-0.2, -0.15) is 4.98 Å². The molecule has 2 rings (SSSR count). The summed E-state index contributed by atoms with van der Waals surface area (Å²) in [5.41, 5.74) is -0.456. The predicted molar refractivity (Wildman–Crippen MR) is 77.4 cm³/mol. The van der Waals surface area contributed by atoms with E-state index in [4.69, 9.17) is 16.3 Å². The summed E-state index contributed by atoms with van der Waals surface area (Å²) in [6.45, 7) is 0. The van der Waals surface area contributed by atoms with E-state index in [2.05, 4.69) is 31.2 Å². The van der Waals surface area contributed by atoms with E-state index < -0.39 is 16.4 Å². The second-order valence-electron chi connectivity index (χ2n) is 3.68. The molecule has 0 spiro atoms.